The van der Waals surface area contributed by atoms with Crippen LogP contribution in [0.4, 0.5) is 0 Å². The second kappa shape index (κ2) is 4.37. The summed E-state index contributed by atoms with van der Waals surface area (Å²) in [6.45, 7) is 10.6. The Bertz CT molecular complexity index is 499. The molecule has 1 aliphatic rings. The summed E-state index contributed by atoms with van der Waals surface area (Å²) in [5, 5.41) is 0. The average Bonchev–Trinajstić information content (AvgIpc) is 2.55. The Balaban J connectivity index is 2.64. The third-order valence-corrected chi connectivity index (χ3v) is 3.68. The first kappa shape index (κ1) is 11.9. The third kappa shape index (κ3) is 1.78. The lowest BCUT2D eigenvalue weighted by Crippen LogP contribution is -2.15. The third-order valence-electron chi connectivity index (χ3n) is 3.68. The molecule has 0 aliphatic heterocycles. The zero-order valence-electron chi connectivity index (χ0n) is 11.0. The first-order valence-corrected chi connectivity index (χ1v) is 6.25. The van der Waals surface area contributed by atoms with Crippen molar-refractivity contribution >= 4 is 5.57 Å². The largest absolute Gasteiger partial charge is 0.0991 e. The summed E-state index contributed by atoms with van der Waals surface area (Å²) in [4.78, 5) is 0. The topological polar surface area (TPSA) is 0 Å². The van der Waals surface area contributed by atoms with Crippen molar-refractivity contribution in [3.05, 3.63) is 65.8 Å². The SMILES string of the molecule is C=C/C=C\C1=C(CC)c2ccccc2C1(C)C. The van der Waals surface area contributed by atoms with Gasteiger partial charge in [-0.25, -0.2) is 0 Å². The van der Waals surface area contributed by atoms with Gasteiger partial charge in [0, 0.05) is 5.41 Å². The van der Waals surface area contributed by atoms with Crippen LogP contribution in [0, 0.1) is 0 Å². The molecule has 0 aromatic heterocycles. The maximum absolute atomic E-state index is 3.76. The molecular formula is C17H20. The van der Waals surface area contributed by atoms with Gasteiger partial charge in [-0.05, 0) is 28.7 Å². The molecule has 0 fully saturated rings. The number of hydrogen-bond acceptors (Lipinski definition) is 0. The van der Waals surface area contributed by atoms with E-state index in [0.29, 0.717) is 0 Å². The summed E-state index contributed by atoms with van der Waals surface area (Å²) < 4.78 is 0. The highest BCUT2D eigenvalue weighted by molar-refractivity contribution is 5.82. The molecule has 0 N–H and O–H groups in total. The van der Waals surface area contributed by atoms with E-state index in [4.69, 9.17) is 0 Å². The summed E-state index contributed by atoms with van der Waals surface area (Å²) >= 11 is 0. The van der Waals surface area contributed by atoms with Crippen LogP contribution in [0.1, 0.15) is 38.3 Å². The second-order valence-corrected chi connectivity index (χ2v) is 5.01. The van der Waals surface area contributed by atoms with Crippen LogP contribution < -0.4 is 0 Å². The van der Waals surface area contributed by atoms with Crippen molar-refractivity contribution in [1.29, 1.82) is 0 Å². The Morgan fingerprint density at radius 1 is 1.24 bits per heavy atom. The number of benzene rings is 1. The molecule has 0 heterocycles. The van der Waals surface area contributed by atoms with Gasteiger partial charge in [-0.3, -0.25) is 0 Å². The highest BCUT2D eigenvalue weighted by Crippen LogP contribution is 2.47. The number of fused-ring (bicyclic) bond motifs is 1. The maximum Gasteiger partial charge on any atom is 0.0155 e. The van der Waals surface area contributed by atoms with Gasteiger partial charge in [-0.1, -0.05) is 69.8 Å². The van der Waals surface area contributed by atoms with E-state index in [1.165, 1.54) is 22.3 Å². The minimum atomic E-state index is 0.113. The molecule has 1 aromatic carbocycles. The zero-order chi connectivity index (χ0) is 12.5. The van der Waals surface area contributed by atoms with Gasteiger partial charge in [0.15, 0.2) is 0 Å². The molecule has 1 aliphatic carbocycles. The summed E-state index contributed by atoms with van der Waals surface area (Å²) in [5.74, 6) is 0. The zero-order valence-corrected chi connectivity index (χ0v) is 11.0. The van der Waals surface area contributed by atoms with Gasteiger partial charge in [0.05, 0.1) is 0 Å². The predicted octanol–water partition coefficient (Wildman–Crippen LogP) is 4.88. The number of hydrogen-bond donors (Lipinski definition) is 0. The Hall–Kier alpha value is -1.56. The maximum atomic E-state index is 3.76. The predicted molar refractivity (Wildman–Crippen MR) is 76.0 cm³/mol. The molecule has 0 saturated heterocycles. The van der Waals surface area contributed by atoms with E-state index in [1.807, 2.05) is 12.2 Å². The molecule has 1 aromatic rings. The van der Waals surface area contributed by atoms with Crippen molar-refractivity contribution in [3.8, 4) is 0 Å². The number of rotatable bonds is 3. The molecule has 0 spiro atoms. The van der Waals surface area contributed by atoms with E-state index in [9.17, 15) is 0 Å². The average molecular weight is 224 g/mol. The highest BCUT2D eigenvalue weighted by Gasteiger charge is 2.34. The van der Waals surface area contributed by atoms with Crippen molar-refractivity contribution in [2.75, 3.05) is 0 Å². The van der Waals surface area contributed by atoms with Crippen LogP contribution in [0.2, 0.25) is 0 Å². The summed E-state index contributed by atoms with van der Waals surface area (Å²) in [5.41, 5.74) is 5.88. The molecule has 0 bridgehead atoms. The van der Waals surface area contributed by atoms with E-state index in [0.717, 1.165) is 6.42 Å². The van der Waals surface area contributed by atoms with E-state index >= 15 is 0 Å². The van der Waals surface area contributed by atoms with Crippen LogP contribution in [0.15, 0.2) is 54.6 Å². The van der Waals surface area contributed by atoms with Gasteiger partial charge in [0.1, 0.15) is 0 Å². The second-order valence-electron chi connectivity index (χ2n) is 5.01. The first-order valence-electron chi connectivity index (χ1n) is 6.25. The first-order chi connectivity index (χ1) is 8.12. The van der Waals surface area contributed by atoms with Crippen molar-refractivity contribution < 1.29 is 0 Å². The molecule has 0 amide bonds. The van der Waals surface area contributed by atoms with E-state index in [1.54, 1.807) is 0 Å². The fraction of sp³-hybridized carbons (Fsp3) is 0.294. The minimum absolute atomic E-state index is 0.113. The smallest absolute Gasteiger partial charge is 0.0155 e. The quantitative estimate of drug-likeness (QED) is 0.642. The lowest BCUT2D eigenvalue weighted by atomic mass is 9.81. The summed E-state index contributed by atoms with van der Waals surface area (Å²) in [6, 6.07) is 8.75. The molecule has 0 atom stereocenters. The molecule has 17 heavy (non-hydrogen) atoms. The van der Waals surface area contributed by atoms with E-state index in [-0.39, 0.29) is 5.41 Å². The molecule has 2 rings (SSSR count). The normalized spacial score (nSPS) is 17.6. The van der Waals surface area contributed by atoms with Crippen molar-refractivity contribution in [2.45, 2.75) is 32.6 Å². The highest BCUT2D eigenvalue weighted by atomic mass is 14.4. The van der Waals surface area contributed by atoms with E-state index in [2.05, 4.69) is 57.7 Å². The molecule has 0 nitrogen and oxygen atoms in total. The molecule has 88 valence electrons. The summed E-state index contributed by atoms with van der Waals surface area (Å²) in [6.07, 6.45) is 7.18. The fourth-order valence-corrected chi connectivity index (χ4v) is 2.81. The molecule has 0 radical (unpaired) electrons. The van der Waals surface area contributed by atoms with Crippen LogP contribution in [0.25, 0.3) is 5.57 Å². The van der Waals surface area contributed by atoms with Crippen LogP contribution >= 0.6 is 0 Å². The Morgan fingerprint density at radius 2 is 1.94 bits per heavy atom. The van der Waals surface area contributed by atoms with E-state index < -0.39 is 0 Å². The monoisotopic (exact) mass is 224 g/mol. The molecule has 0 saturated carbocycles. The molecule has 0 heteroatoms. The Morgan fingerprint density at radius 3 is 2.59 bits per heavy atom. The fourth-order valence-electron chi connectivity index (χ4n) is 2.81. The molecular weight excluding hydrogens is 204 g/mol. The van der Waals surface area contributed by atoms with Crippen molar-refractivity contribution in [3.63, 3.8) is 0 Å². The Labute approximate surface area is 104 Å². The molecule has 0 unspecified atom stereocenters. The van der Waals surface area contributed by atoms with Gasteiger partial charge < -0.3 is 0 Å². The minimum Gasteiger partial charge on any atom is -0.0991 e. The Kier molecular flexibility index (Phi) is 3.06. The van der Waals surface area contributed by atoms with Crippen molar-refractivity contribution in [1.82, 2.24) is 0 Å². The van der Waals surface area contributed by atoms with Gasteiger partial charge in [-0.2, -0.15) is 0 Å². The van der Waals surface area contributed by atoms with Crippen LogP contribution in [0.5, 0.6) is 0 Å². The van der Waals surface area contributed by atoms with Crippen LogP contribution in [-0.4, -0.2) is 0 Å². The van der Waals surface area contributed by atoms with Crippen molar-refractivity contribution in [2.24, 2.45) is 0 Å². The van der Waals surface area contributed by atoms with Gasteiger partial charge in [0.25, 0.3) is 0 Å². The lowest BCUT2D eigenvalue weighted by Gasteiger charge is -2.22. The number of allylic oxidation sites excluding steroid dienone is 5. The van der Waals surface area contributed by atoms with Gasteiger partial charge >= 0.3 is 0 Å². The van der Waals surface area contributed by atoms with Crippen LogP contribution in [0.3, 0.4) is 0 Å². The van der Waals surface area contributed by atoms with Gasteiger partial charge in [0.2, 0.25) is 0 Å². The van der Waals surface area contributed by atoms with Crippen LogP contribution in [-0.2, 0) is 5.41 Å². The lowest BCUT2D eigenvalue weighted by molar-refractivity contribution is 0.653. The standard InChI is InChI=1S/C17H20/c1-5-7-11-15-13(6-2)14-10-8-9-12-16(14)17(15,3)4/h5,7-12H,1,6H2,2-4H3/b11-7-. The summed E-state index contributed by atoms with van der Waals surface area (Å²) in [7, 11) is 0. The van der Waals surface area contributed by atoms with Gasteiger partial charge in [-0.15, -0.1) is 0 Å².